The van der Waals surface area contributed by atoms with Gasteiger partial charge in [-0.15, -0.1) is 0 Å². The van der Waals surface area contributed by atoms with Crippen LogP contribution in [0, 0.1) is 21.7 Å². The summed E-state index contributed by atoms with van der Waals surface area (Å²) in [4.78, 5) is 0. The Labute approximate surface area is 105 Å². The van der Waals surface area contributed by atoms with Gasteiger partial charge >= 0.3 is 0 Å². The van der Waals surface area contributed by atoms with E-state index in [2.05, 4.69) is 6.92 Å². The second kappa shape index (κ2) is 2.24. The van der Waals surface area contributed by atoms with Crippen molar-refractivity contribution >= 4 is 0 Å². The lowest BCUT2D eigenvalue weighted by molar-refractivity contribution is 0.0639. The zero-order chi connectivity index (χ0) is 11.6. The Bertz CT molecular complexity index is 365. The van der Waals surface area contributed by atoms with Gasteiger partial charge in [0.1, 0.15) is 0 Å². The van der Waals surface area contributed by atoms with Gasteiger partial charge in [-0.05, 0) is 85.9 Å². The van der Waals surface area contributed by atoms with Crippen molar-refractivity contribution in [2.24, 2.45) is 27.4 Å². The average Bonchev–Trinajstić information content (AvgIpc) is 2.96. The van der Waals surface area contributed by atoms with Crippen molar-refractivity contribution in [1.82, 2.24) is 0 Å². The molecule has 0 bridgehead atoms. The summed E-state index contributed by atoms with van der Waals surface area (Å²) in [6.07, 6.45) is 14.8. The van der Waals surface area contributed by atoms with Gasteiger partial charge in [0.25, 0.3) is 0 Å². The maximum atomic E-state index is 6.70. The van der Waals surface area contributed by atoms with Crippen LogP contribution in [0.25, 0.3) is 0 Å². The molecule has 0 heterocycles. The number of rotatable bonds is 4. The molecule has 0 saturated heterocycles. The van der Waals surface area contributed by atoms with Gasteiger partial charge in [0.15, 0.2) is 0 Å². The molecule has 1 heteroatoms. The summed E-state index contributed by atoms with van der Waals surface area (Å²) < 4.78 is 0. The van der Waals surface area contributed by atoms with Gasteiger partial charge in [-0.1, -0.05) is 6.92 Å². The van der Waals surface area contributed by atoms with E-state index in [1.54, 1.807) is 12.8 Å². The van der Waals surface area contributed by atoms with Crippen LogP contribution in [-0.2, 0) is 0 Å². The van der Waals surface area contributed by atoms with Crippen LogP contribution in [0.4, 0.5) is 0 Å². The van der Waals surface area contributed by atoms with E-state index in [1.165, 1.54) is 51.4 Å². The molecule has 5 fully saturated rings. The van der Waals surface area contributed by atoms with Gasteiger partial charge in [0.2, 0.25) is 0 Å². The molecule has 0 aromatic carbocycles. The third kappa shape index (κ3) is 0.837. The molecule has 0 radical (unpaired) electrons. The van der Waals surface area contributed by atoms with Gasteiger partial charge in [0, 0.05) is 5.54 Å². The quantitative estimate of drug-likeness (QED) is 0.785. The maximum Gasteiger partial charge on any atom is 0.0218 e. The first kappa shape index (κ1) is 9.83. The van der Waals surface area contributed by atoms with E-state index in [0.29, 0.717) is 11.0 Å². The topological polar surface area (TPSA) is 26.0 Å². The molecule has 94 valence electrons. The molecule has 0 spiro atoms. The largest absolute Gasteiger partial charge is 0.325 e. The lowest BCUT2D eigenvalue weighted by atomic mass is 9.63. The van der Waals surface area contributed by atoms with E-state index in [0.717, 1.165) is 16.2 Å². The van der Waals surface area contributed by atoms with Gasteiger partial charge in [-0.25, -0.2) is 0 Å². The maximum absolute atomic E-state index is 6.70. The van der Waals surface area contributed by atoms with Gasteiger partial charge in [0.05, 0.1) is 0 Å². The van der Waals surface area contributed by atoms with Crippen molar-refractivity contribution in [2.45, 2.75) is 76.7 Å². The smallest absolute Gasteiger partial charge is 0.0218 e. The highest BCUT2D eigenvalue weighted by atomic mass is 15.0. The highest BCUT2D eigenvalue weighted by Crippen LogP contribution is 2.92. The Morgan fingerprint density at radius 1 is 0.588 bits per heavy atom. The zero-order valence-electron chi connectivity index (χ0n) is 11.1. The summed E-state index contributed by atoms with van der Waals surface area (Å²) in [5, 5.41) is 0. The fraction of sp³-hybridized carbons (Fsp3) is 1.00. The lowest BCUT2D eigenvalue weighted by Crippen LogP contribution is -2.46. The predicted molar refractivity (Wildman–Crippen MR) is 68.5 cm³/mol. The normalized spacial score (nSPS) is 42.7. The summed E-state index contributed by atoms with van der Waals surface area (Å²) in [6, 6.07) is 0. The molecule has 5 saturated carbocycles. The first-order chi connectivity index (χ1) is 8.04. The average molecular weight is 231 g/mol. The van der Waals surface area contributed by atoms with Crippen molar-refractivity contribution in [3.63, 3.8) is 0 Å². The minimum absolute atomic E-state index is 0.296. The Morgan fingerprint density at radius 2 is 1.06 bits per heavy atom. The highest BCUT2D eigenvalue weighted by Gasteiger charge is 2.85. The fourth-order valence-corrected chi connectivity index (χ4v) is 6.18. The van der Waals surface area contributed by atoms with Crippen LogP contribution in [0.3, 0.4) is 0 Å². The zero-order valence-corrected chi connectivity index (χ0v) is 11.1. The van der Waals surface area contributed by atoms with E-state index >= 15 is 0 Å². The third-order valence-electron chi connectivity index (χ3n) is 7.98. The molecule has 0 atom stereocenters. The van der Waals surface area contributed by atoms with E-state index in [-0.39, 0.29) is 0 Å². The van der Waals surface area contributed by atoms with Crippen molar-refractivity contribution in [2.75, 3.05) is 0 Å². The summed E-state index contributed by atoms with van der Waals surface area (Å²) in [5.41, 5.74) is 9.87. The summed E-state index contributed by atoms with van der Waals surface area (Å²) >= 11 is 0. The van der Waals surface area contributed by atoms with Crippen molar-refractivity contribution < 1.29 is 0 Å². The van der Waals surface area contributed by atoms with Crippen molar-refractivity contribution in [1.29, 1.82) is 0 Å². The van der Waals surface area contributed by atoms with E-state index in [9.17, 15) is 0 Å². The van der Waals surface area contributed by atoms with Gasteiger partial charge in [-0.3, -0.25) is 0 Å². The molecule has 0 unspecified atom stereocenters. The van der Waals surface area contributed by atoms with Gasteiger partial charge < -0.3 is 5.73 Å². The first-order valence-corrected chi connectivity index (χ1v) is 7.82. The Balaban J connectivity index is 1.59. The standard InChI is InChI=1S/C16H25N/c1-12(2-3-12)13(4-5-13)14(6-7-14)15(8-9-15)16(17)10-11-16/h2-11,17H2,1H3. The van der Waals surface area contributed by atoms with Gasteiger partial charge in [-0.2, -0.15) is 0 Å². The van der Waals surface area contributed by atoms with Crippen molar-refractivity contribution in [3.05, 3.63) is 0 Å². The molecule has 17 heavy (non-hydrogen) atoms. The Hall–Kier alpha value is -0.0400. The van der Waals surface area contributed by atoms with Crippen LogP contribution < -0.4 is 5.73 Å². The van der Waals surface area contributed by atoms with E-state index in [4.69, 9.17) is 5.73 Å². The number of nitrogens with two attached hydrogens (primary N) is 1. The molecule has 5 aliphatic rings. The third-order valence-corrected chi connectivity index (χ3v) is 7.98. The van der Waals surface area contributed by atoms with Crippen LogP contribution in [-0.4, -0.2) is 5.54 Å². The molecular formula is C16H25N. The molecule has 0 aromatic heterocycles. The Morgan fingerprint density at radius 3 is 1.35 bits per heavy atom. The number of hydrogen-bond donors (Lipinski definition) is 1. The second-order valence-electron chi connectivity index (χ2n) is 8.46. The minimum atomic E-state index is 0.296. The Kier molecular flexibility index (Phi) is 1.29. The molecule has 5 rings (SSSR count). The van der Waals surface area contributed by atoms with Crippen LogP contribution >= 0.6 is 0 Å². The summed E-state index contributed by atoms with van der Waals surface area (Å²) in [6.45, 7) is 2.59. The molecule has 0 aliphatic heterocycles. The molecular weight excluding hydrogens is 206 g/mol. The molecule has 2 N–H and O–H groups in total. The lowest BCUT2D eigenvalue weighted by Gasteiger charge is -2.42. The number of hydrogen-bond acceptors (Lipinski definition) is 1. The second-order valence-corrected chi connectivity index (χ2v) is 8.46. The highest BCUT2D eigenvalue weighted by molar-refractivity contribution is 5.36. The fourth-order valence-electron chi connectivity index (χ4n) is 6.18. The first-order valence-electron chi connectivity index (χ1n) is 7.82. The van der Waals surface area contributed by atoms with Crippen LogP contribution in [0.15, 0.2) is 0 Å². The molecule has 1 nitrogen and oxygen atoms in total. The van der Waals surface area contributed by atoms with Crippen LogP contribution in [0.1, 0.15) is 71.1 Å². The van der Waals surface area contributed by atoms with E-state index in [1.807, 2.05) is 0 Å². The van der Waals surface area contributed by atoms with E-state index < -0.39 is 0 Å². The molecule has 0 amide bonds. The minimum Gasteiger partial charge on any atom is -0.325 e. The SMILES string of the molecule is CC1(C2(C3(C4(C5(N)CC5)CC4)CC3)CC2)CC1. The predicted octanol–water partition coefficient (Wildman–Crippen LogP) is 3.62. The summed E-state index contributed by atoms with van der Waals surface area (Å²) in [5.74, 6) is 0. The van der Waals surface area contributed by atoms with Crippen molar-refractivity contribution in [3.8, 4) is 0 Å². The summed E-state index contributed by atoms with van der Waals surface area (Å²) in [7, 11) is 0. The molecule has 5 aliphatic carbocycles. The monoisotopic (exact) mass is 231 g/mol. The van der Waals surface area contributed by atoms with Crippen LogP contribution in [0.5, 0.6) is 0 Å². The van der Waals surface area contributed by atoms with Crippen LogP contribution in [0.2, 0.25) is 0 Å². The molecule has 0 aromatic rings.